The van der Waals surface area contributed by atoms with Gasteiger partial charge in [-0.25, -0.2) is 8.42 Å². The van der Waals surface area contributed by atoms with Gasteiger partial charge in [-0.05, 0) is 13.8 Å². The summed E-state index contributed by atoms with van der Waals surface area (Å²) in [5.41, 5.74) is 0. The maximum atomic E-state index is 11.8. The molecule has 0 amide bonds. The summed E-state index contributed by atoms with van der Waals surface area (Å²) in [6.07, 6.45) is 3.45. The Labute approximate surface area is 86.0 Å². The van der Waals surface area contributed by atoms with Gasteiger partial charge in [0.2, 0.25) is 10.0 Å². The van der Waals surface area contributed by atoms with Crippen molar-refractivity contribution in [3.8, 4) is 0 Å². The zero-order valence-electron chi connectivity index (χ0n) is 8.73. The molecule has 0 aromatic heterocycles. The van der Waals surface area contributed by atoms with Crippen LogP contribution < -0.4 is 5.32 Å². The lowest BCUT2D eigenvalue weighted by Gasteiger charge is -2.32. The minimum atomic E-state index is -3.09. The molecule has 1 fully saturated rings. The third kappa shape index (κ3) is 2.80. The van der Waals surface area contributed by atoms with Crippen molar-refractivity contribution in [2.45, 2.75) is 19.9 Å². The van der Waals surface area contributed by atoms with Crippen LogP contribution in [-0.4, -0.2) is 44.2 Å². The van der Waals surface area contributed by atoms with Crippen LogP contribution in [0.5, 0.6) is 0 Å². The van der Waals surface area contributed by atoms with Crippen LogP contribution in [0.2, 0.25) is 0 Å². The average Bonchev–Trinajstić information content (AvgIpc) is 2.15. The van der Waals surface area contributed by atoms with E-state index in [2.05, 4.69) is 5.32 Å². The number of hydrogen-bond donors (Lipinski definition) is 1. The molecule has 1 N–H and O–H groups in total. The summed E-state index contributed by atoms with van der Waals surface area (Å²) in [5.74, 6) is 0.119. The van der Waals surface area contributed by atoms with Gasteiger partial charge in [0.15, 0.2) is 0 Å². The summed E-state index contributed by atoms with van der Waals surface area (Å²) in [7, 11) is -3.09. The lowest BCUT2D eigenvalue weighted by Crippen LogP contribution is -2.52. The topological polar surface area (TPSA) is 49.4 Å². The Hall–Kier alpha value is -0.390. The van der Waals surface area contributed by atoms with Crippen molar-refractivity contribution in [2.75, 3.05) is 25.4 Å². The monoisotopic (exact) mass is 218 g/mol. The normalized spacial score (nSPS) is 25.7. The first kappa shape index (κ1) is 11.7. The average molecular weight is 218 g/mol. The fourth-order valence-electron chi connectivity index (χ4n) is 1.55. The molecular formula is C9H18N2O2S. The first-order chi connectivity index (χ1) is 6.58. The fraction of sp³-hybridized carbons (Fsp3) is 0.778. The number of allylic oxidation sites excluding steroid dienone is 1. The third-order valence-electron chi connectivity index (χ3n) is 2.34. The predicted molar refractivity (Wildman–Crippen MR) is 57.6 cm³/mol. The molecule has 4 nitrogen and oxygen atoms in total. The molecule has 0 bridgehead atoms. The van der Waals surface area contributed by atoms with Crippen molar-refractivity contribution in [2.24, 2.45) is 0 Å². The minimum Gasteiger partial charge on any atom is -0.314 e. The molecule has 1 aliphatic heterocycles. The maximum Gasteiger partial charge on any atom is 0.218 e. The van der Waals surface area contributed by atoms with Crippen molar-refractivity contribution in [1.82, 2.24) is 9.62 Å². The highest BCUT2D eigenvalue weighted by atomic mass is 32.2. The van der Waals surface area contributed by atoms with E-state index in [1.807, 2.05) is 13.8 Å². The molecule has 1 saturated heterocycles. The molecule has 14 heavy (non-hydrogen) atoms. The summed E-state index contributed by atoms with van der Waals surface area (Å²) < 4.78 is 25.2. The van der Waals surface area contributed by atoms with Crippen LogP contribution in [0, 0.1) is 0 Å². The summed E-state index contributed by atoms with van der Waals surface area (Å²) in [6.45, 7) is 5.84. The van der Waals surface area contributed by atoms with Gasteiger partial charge in [0, 0.05) is 25.7 Å². The zero-order chi connectivity index (χ0) is 10.6. The summed E-state index contributed by atoms with van der Waals surface area (Å²) in [5, 5.41) is 3.17. The molecule has 0 radical (unpaired) electrons. The quantitative estimate of drug-likeness (QED) is 0.688. The van der Waals surface area contributed by atoms with Gasteiger partial charge in [-0.15, -0.1) is 0 Å². The molecule has 1 rings (SSSR count). The predicted octanol–water partition coefficient (Wildman–Crippen LogP) is 0.186. The van der Waals surface area contributed by atoms with Gasteiger partial charge in [-0.2, -0.15) is 4.31 Å². The number of nitrogens with one attached hydrogen (secondary N) is 1. The highest BCUT2D eigenvalue weighted by molar-refractivity contribution is 7.89. The van der Waals surface area contributed by atoms with Crippen LogP contribution in [0.25, 0.3) is 0 Å². The van der Waals surface area contributed by atoms with E-state index < -0.39 is 10.0 Å². The van der Waals surface area contributed by atoms with Crippen LogP contribution in [-0.2, 0) is 10.0 Å². The molecule has 1 aliphatic rings. The molecule has 0 aliphatic carbocycles. The largest absolute Gasteiger partial charge is 0.314 e. The van der Waals surface area contributed by atoms with Crippen molar-refractivity contribution < 1.29 is 8.42 Å². The van der Waals surface area contributed by atoms with Crippen LogP contribution in [0.4, 0.5) is 0 Å². The Balaban J connectivity index is 2.69. The number of rotatable bonds is 3. The third-order valence-corrected chi connectivity index (χ3v) is 4.21. The van der Waals surface area contributed by atoms with E-state index in [1.165, 1.54) is 0 Å². The van der Waals surface area contributed by atoms with E-state index in [9.17, 15) is 8.42 Å². The lowest BCUT2D eigenvalue weighted by atomic mass is 10.3. The number of nitrogens with zero attached hydrogens (tertiary/aromatic N) is 1. The molecule has 0 saturated carbocycles. The van der Waals surface area contributed by atoms with Gasteiger partial charge < -0.3 is 5.32 Å². The van der Waals surface area contributed by atoms with Gasteiger partial charge >= 0.3 is 0 Å². The first-order valence-electron chi connectivity index (χ1n) is 4.89. The molecule has 0 aromatic carbocycles. The molecule has 1 unspecified atom stereocenters. The first-order valence-corrected chi connectivity index (χ1v) is 6.50. The van der Waals surface area contributed by atoms with Crippen molar-refractivity contribution in [3.63, 3.8) is 0 Å². The Kier molecular flexibility index (Phi) is 4.10. The van der Waals surface area contributed by atoms with E-state index in [0.717, 1.165) is 13.1 Å². The van der Waals surface area contributed by atoms with Crippen LogP contribution >= 0.6 is 0 Å². The summed E-state index contributed by atoms with van der Waals surface area (Å²) >= 11 is 0. The van der Waals surface area contributed by atoms with Crippen LogP contribution in [0.3, 0.4) is 0 Å². The highest BCUT2D eigenvalue weighted by Gasteiger charge is 2.27. The molecule has 5 heteroatoms. The molecule has 0 aromatic rings. The second-order valence-electron chi connectivity index (χ2n) is 3.51. The lowest BCUT2D eigenvalue weighted by molar-refractivity contribution is 0.284. The molecule has 1 heterocycles. The maximum absolute atomic E-state index is 11.8. The molecule has 0 spiro atoms. The van der Waals surface area contributed by atoms with Gasteiger partial charge in [-0.3, -0.25) is 0 Å². The van der Waals surface area contributed by atoms with Crippen LogP contribution in [0.1, 0.15) is 13.8 Å². The Bertz CT molecular complexity index is 298. The van der Waals surface area contributed by atoms with E-state index in [-0.39, 0.29) is 11.8 Å². The SMILES string of the molecule is C/C=C/CS(=O)(=O)N1CCNCC1C. The van der Waals surface area contributed by atoms with Crippen molar-refractivity contribution in [1.29, 1.82) is 0 Å². The Morgan fingerprint density at radius 1 is 1.57 bits per heavy atom. The molecular weight excluding hydrogens is 200 g/mol. The number of hydrogen-bond acceptors (Lipinski definition) is 3. The number of piperazine rings is 1. The van der Waals surface area contributed by atoms with Gasteiger partial charge in [-0.1, -0.05) is 12.2 Å². The highest BCUT2D eigenvalue weighted by Crippen LogP contribution is 2.09. The van der Waals surface area contributed by atoms with Crippen LogP contribution in [0.15, 0.2) is 12.2 Å². The standard InChI is InChI=1S/C9H18N2O2S/c1-3-4-7-14(12,13)11-6-5-10-8-9(11)2/h3-4,9-10H,5-8H2,1-2H3/b4-3+. The molecule has 82 valence electrons. The molecule has 1 atom stereocenters. The van der Waals surface area contributed by atoms with Crippen molar-refractivity contribution in [3.05, 3.63) is 12.2 Å². The Morgan fingerprint density at radius 2 is 2.29 bits per heavy atom. The summed E-state index contributed by atoms with van der Waals surface area (Å²) in [6, 6.07) is 0.0685. The Morgan fingerprint density at radius 3 is 2.86 bits per heavy atom. The van der Waals surface area contributed by atoms with Gasteiger partial charge in [0.1, 0.15) is 0 Å². The second-order valence-corrected chi connectivity index (χ2v) is 5.48. The van der Waals surface area contributed by atoms with Gasteiger partial charge in [0.25, 0.3) is 0 Å². The smallest absolute Gasteiger partial charge is 0.218 e. The minimum absolute atomic E-state index is 0.0685. The van der Waals surface area contributed by atoms with Crippen molar-refractivity contribution >= 4 is 10.0 Å². The fourth-order valence-corrected chi connectivity index (χ4v) is 3.17. The van der Waals surface area contributed by atoms with E-state index >= 15 is 0 Å². The van der Waals surface area contributed by atoms with E-state index in [1.54, 1.807) is 16.5 Å². The van der Waals surface area contributed by atoms with E-state index in [0.29, 0.717) is 6.54 Å². The number of sulfonamides is 1. The second kappa shape index (κ2) is 4.91. The van der Waals surface area contributed by atoms with E-state index in [4.69, 9.17) is 0 Å². The zero-order valence-corrected chi connectivity index (χ0v) is 9.55. The van der Waals surface area contributed by atoms with Gasteiger partial charge in [0.05, 0.1) is 5.75 Å². The summed E-state index contributed by atoms with van der Waals surface area (Å²) in [4.78, 5) is 0.